The summed E-state index contributed by atoms with van der Waals surface area (Å²) in [6.45, 7) is 2.97. The number of nitrogens with zero attached hydrogens (tertiary/aromatic N) is 3. The minimum Gasteiger partial charge on any atom is -0.306 e. The van der Waals surface area contributed by atoms with Crippen molar-refractivity contribution < 1.29 is 19.6 Å². The quantitative estimate of drug-likeness (QED) is 0.258. The number of hydrogen-bond donors (Lipinski definition) is 4. The summed E-state index contributed by atoms with van der Waals surface area (Å²) in [5.74, 6) is 4.60. The van der Waals surface area contributed by atoms with Gasteiger partial charge in [0.25, 0.3) is 5.91 Å². The van der Waals surface area contributed by atoms with Gasteiger partial charge in [-0.25, -0.2) is 15.4 Å². The molecule has 30 heavy (non-hydrogen) atoms. The summed E-state index contributed by atoms with van der Waals surface area (Å²) in [7, 11) is 0. The van der Waals surface area contributed by atoms with Gasteiger partial charge in [-0.2, -0.15) is 5.06 Å². The molecule has 1 aliphatic rings. The topological polar surface area (TPSA) is 131 Å². The largest absolute Gasteiger partial charge is 0.347 e. The number of benzene rings is 2. The summed E-state index contributed by atoms with van der Waals surface area (Å²) in [5.41, 5.74) is 1.80. The summed E-state index contributed by atoms with van der Waals surface area (Å²) < 4.78 is 0. The number of nitrogens with one attached hydrogen (secondary N) is 2. The molecule has 0 radical (unpaired) electrons. The van der Waals surface area contributed by atoms with Crippen molar-refractivity contribution in [1.29, 1.82) is 0 Å². The Morgan fingerprint density at radius 3 is 2.23 bits per heavy atom. The van der Waals surface area contributed by atoms with Crippen LogP contribution in [0.15, 0.2) is 60.7 Å². The summed E-state index contributed by atoms with van der Waals surface area (Å²) in [4.78, 5) is 40.4. The second-order valence-corrected chi connectivity index (χ2v) is 7.31. The Kier molecular flexibility index (Phi) is 5.90. The molecule has 1 heterocycles. The third kappa shape index (κ3) is 3.91. The van der Waals surface area contributed by atoms with Gasteiger partial charge in [-0.05, 0) is 38.1 Å². The lowest BCUT2D eigenvalue weighted by Gasteiger charge is -2.38. The number of amides is 5. The van der Waals surface area contributed by atoms with Crippen molar-refractivity contribution in [2.45, 2.75) is 25.6 Å². The van der Waals surface area contributed by atoms with E-state index in [4.69, 9.17) is 5.84 Å². The summed E-state index contributed by atoms with van der Waals surface area (Å²) in [5, 5.41) is 13.9. The monoisotopic (exact) mass is 412 g/mol. The lowest BCUT2D eigenvalue weighted by Crippen LogP contribution is -2.58. The van der Waals surface area contributed by atoms with Gasteiger partial charge in [0.1, 0.15) is 6.54 Å². The number of carbonyl (C=O) groups is 3. The molecule has 0 bridgehead atoms. The van der Waals surface area contributed by atoms with Gasteiger partial charge in [0.15, 0.2) is 6.17 Å². The van der Waals surface area contributed by atoms with Crippen molar-refractivity contribution in [3.8, 4) is 0 Å². The van der Waals surface area contributed by atoms with E-state index in [0.717, 1.165) is 0 Å². The molecule has 10 nitrogen and oxygen atoms in total. The average Bonchev–Trinajstić information content (AvgIpc) is 2.94. The van der Waals surface area contributed by atoms with E-state index in [9.17, 15) is 19.6 Å². The van der Waals surface area contributed by atoms with Crippen LogP contribution >= 0.6 is 0 Å². The van der Waals surface area contributed by atoms with E-state index in [0.29, 0.717) is 16.4 Å². The molecule has 0 aliphatic carbocycles. The predicted octanol–water partition coefficient (Wildman–Crippen LogP) is 1.95. The normalized spacial score (nSPS) is 17.6. The van der Waals surface area contributed by atoms with Crippen molar-refractivity contribution in [2.75, 3.05) is 16.8 Å². The Morgan fingerprint density at radius 2 is 1.67 bits per heavy atom. The SMILES string of the molecule is CC1(C)[C@@H](N(O)C(=O)Nc2ccccc2)N(c2ccccc2)C(=O)N1CC(=O)NN. The van der Waals surface area contributed by atoms with Crippen LogP contribution < -0.4 is 21.5 Å². The zero-order chi connectivity index (χ0) is 21.9. The van der Waals surface area contributed by atoms with Crippen LogP contribution in [-0.2, 0) is 4.79 Å². The smallest absolute Gasteiger partial charge is 0.306 e. The molecule has 0 aromatic heterocycles. The second kappa shape index (κ2) is 8.39. The summed E-state index contributed by atoms with van der Waals surface area (Å²) in [6.07, 6.45) is -1.12. The maximum Gasteiger partial charge on any atom is 0.347 e. The van der Waals surface area contributed by atoms with E-state index in [1.165, 1.54) is 9.80 Å². The molecular formula is C20H24N6O4. The van der Waals surface area contributed by atoms with Crippen molar-refractivity contribution >= 4 is 29.3 Å². The van der Waals surface area contributed by atoms with Gasteiger partial charge in [-0.3, -0.25) is 20.3 Å². The van der Waals surface area contributed by atoms with Crippen LogP contribution in [-0.4, -0.2) is 51.4 Å². The minimum atomic E-state index is -1.14. The summed E-state index contributed by atoms with van der Waals surface area (Å²) in [6, 6.07) is 15.8. The van der Waals surface area contributed by atoms with Gasteiger partial charge in [0, 0.05) is 11.4 Å². The number of hydrazine groups is 1. The van der Waals surface area contributed by atoms with Crippen LogP contribution in [0.3, 0.4) is 0 Å². The number of para-hydroxylation sites is 2. The number of nitrogens with two attached hydrogens (primary N) is 1. The Balaban J connectivity index is 1.97. The highest BCUT2D eigenvalue weighted by Gasteiger charge is 2.56. The highest BCUT2D eigenvalue weighted by molar-refractivity contribution is 5.99. The van der Waals surface area contributed by atoms with Crippen LogP contribution in [0.1, 0.15) is 13.8 Å². The lowest BCUT2D eigenvalue weighted by atomic mass is 9.99. The third-order valence-electron chi connectivity index (χ3n) is 4.97. The predicted molar refractivity (Wildman–Crippen MR) is 110 cm³/mol. The fourth-order valence-corrected chi connectivity index (χ4v) is 3.46. The second-order valence-electron chi connectivity index (χ2n) is 7.31. The molecule has 1 fully saturated rings. The lowest BCUT2D eigenvalue weighted by molar-refractivity contribution is -0.124. The van der Waals surface area contributed by atoms with E-state index in [1.807, 2.05) is 5.43 Å². The first-order valence-electron chi connectivity index (χ1n) is 9.27. The zero-order valence-electron chi connectivity index (χ0n) is 16.6. The number of hydrogen-bond acceptors (Lipinski definition) is 5. The first-order valence-corrected chi connectivity index (χ1v) is 9.27. The minimum absolute atomic E-state index is 0.337. The first-order chi connectivity index (χ1) is 14.3. The maximum absolute atomic E-state index is 13.2. The van der Waals surface area contributed by atoms with Crippen LogP contribution in [0.5, 0.6) is 0 Å². The highest BCUT2D eigenvalue weighted by Crippen LogP contribution is 2.37. The Hall–Kier alpha value is -3.63. The van der Waals surface area contributed by atoms with Crippen LogP contribution in [0.2, 0.25) is 0 Å². The fraction of sp³-hybridized carbons (Fsp3) is 0.250. The van der Waals surface area contributed by atoms with Gasteiger partial charge < -0.3 is 10.2 Å². The molecule has 0 saturated carbocycles. The fourth-order valence-electron chi connectivity index (χ4n) is 3.46. The Morgan fingerprint density at radius 1 is 1.10 bits per heavy atom. The Labute approximate surface area is 173 Å². The molecule has 1 aliphatic heterocycles. The van der Waals surface area contributed by atoms with Gasteiger partial charge in [0.05, 0.1) is 5.54 Å². The number of anilines is 2. The summed E-state index contributed by atoms with van der Waals surface area (Å²) >= 11 is 0. The Bertz CT molecular complexity index is 921. The van der Waals surface area contributed by atoms with Crippen molar-refractivity contribution in [2.24, 2.45) is 5.84 Å². The molecule has 2 aromatic rings. The van der Waals surface area contributed by atoms with Crippen molar-refractivity contribution in [3.05, 3.63) is 60.7 Å². The average molecular weight is 412 g/mol. The van der Waals surface area contributed by atoms with Crippen molar-refractivity contribution in [1.82, 2.24) is 15.4 Å². The van der Waals surface area contributed by atoms with Crippen LogP contribution in [0, 0.1) is 0 Å². The molecule has 5 N–H and O–H groups in total. The molecule has 158 valence electrons. The van der Waals surface area contributed by atoms with Crippen molar-refractivity contribution in [3.63, 3.8) is 0 Å². The molecule has 0 unspecified atom stereocenters. The molecule has 1 saturated heterocycles. The third-order valence-corrected chi connectivity index (χ3v) is 4.97. The molecule has 10 heteroatoms. The number of urea groups is 2. The van der Waals surface area contributed by atoms with E-state index < -0.39 is 29.7 Å². The molecule has 2 aromatic carbocycles. The van der Waals surface area contributed by atoms with Crippen LogP contribution in [0.25, 0.3) is 0 Å². The number of carbonyl (C=O) groups excluding carboxylic acids is 3. The maximum atomic E-state index is 13.2. The number of hydroxylamine groups is 2. The van der Waals surface area contributed by atoms with Gasteiger partial charge in [0.2, 0.25) is 0 Å². The van der Waals surface area contributed by atoms with E-state index in [1.54, 1.807) is 74.5 Å². The molecule has 0 spiro atoms. The number of rotatable bonds is 5. The van der Waals surface area contributed by atoms with E-state index in [-0.39, 0.29) is 6.54 Å². The molecule has 1 atom stereocenters. The van der Waals surface area contributed by atoms with E-state index in [2.05, 4.69) is 5.32 Å². The van der Waals surface area contributed by atoms with Gasteiger partial charge >= 0.3 is 12.1 Å². The van der Waals surface area contributed by atoms with Gasteiger partial charge in [-0.1, -0.05) is 36.4 Å². The standard InChI is InChI=1S/C20H24N6O4/c1-20(2)17(26(30)18(28)22-14-9-5-3-6-10-14)25(15-11-7-4-8-12-15)19(29)24(20)13-16(27)23-21/h3-12,17,30H,13,21H2,1-2H3,(H,22,28)(H,23,27)/t17-/m1/s1. The van der Waals surface area contributed by atoms with E-state index >= 15 is 0 Å². The first kappa shape index (κ1) is 21.1. The zero-order valence-corrected chi connectivity index (χ0v) is 16.6. The molecule has 3 rings (SSSR count). The van der Waals surface area contributed by atoms with Gasteiger partial charge in [-0.15, -0.1) is 0 Å². The highest BCUT2D eigenvalue weighted by atomic mass is 16.5. The molecular weight excluding hydrogens is 388 g/mol. The molecule has 5 amide bonds. The van der Waals surface area contributed by atoms with Crippen LogP contribution in [0.4, 0.5) is 21.0 Å².